The summed E-state index contributed by atoms with van der Waals surface area (Å²) in [7, 11) is 5.96. The summed E-state index contributed by atoms with van der Waals surface area (Å²) in [6, 6.07) is 11.0. The van der Waals surface area contributed by atoms with E-state index >= 15 is 0 Å². The fraction of sp³-hybridized carbons (Fsp3) is 0. The fourth-order valence-corrected chi connectivity index (χ4v) is 2.30. The Kier molecular flexibility index (Phi) is 3.69. The molecule has 2 aromatic heterocycles. The van der Waals surface area contributed by atoms with E-state index in [1.807, 2.05) is 30.3 Å². The van der Waals surface area contributed by atoms with Crippen LogP contribution >= 0.6 is 11.6 Å². The van der Waals surface area contributed by atoms with E-state index in [0.717, 1.165) is 11.6 Å². The number of benzene rings is 1. The fourth-order valence-electron chi connectivity index (χ4n) is 2.08. The van der Waals surface area contributed by atoms with Crippen LogP contribution in [0.25, 0.3) is 28.5 Å². The van der Waals surface area contributed by atoms with Crippen molar-refractivity contribution >= 4 is 42.7 Å². The molecule has 0 atom stereocenters. The highest BCUT2D eigenvalue weighted by Crippen LogP contribution is 2.27. The van der Waals surface area contributed by atoms with Gasteiger partial charge in [0.15, 0.2) is 5.82 Å². The van der Waals surface area contributed by atoms with Gasteiger partial charge < -0.3 is 9.58 Å². The lowest BCUT2D eigenvalue weighted by molar-refractivity contribution is -0.131. The maximum atomic E-state index is 10.6. The molecule has 5 nitrogen and oxygen atoms in total. The van der Waals surface area contributed by atoms with E-state index in [1.165, 1.54) is 10.6 Å². The minimum absolute atomic E-state index is 0.262. The van der Waals surface area contributed by atoms with Crippen molar-refractivity contribution in [2.75, 3.05) is 0 Å². The minimum Gasteiger partial charge on any atom is -0.478 e. The first-order valence-electron chi connectivity index (χ1n) is 6.37. The molecule has 0 spiro atoms. The van der Waals surface area contributed by atoms with Crippen LogP contribution in [0, 0.1) is 0 Å². The minimum atomic E-state index is -1.06. The molecule has 0 saturated heterocycles. The van der Waals surface area contributed by atoms with E-state index < -0.39 is 5.97 Å². The molecule has 22 heavy (non-hydrogen) atoms. The molecule has 2 radical (unpaired) electrons. The Balaban J connectivity index is 2.18. The Morgan fingerprint density at radius 1 is 1.27 bits per heavy atom. The number of nitrogens with zero attached hydrogens (tertiary/aromatic N) is 3. The number of hydrogen-bond donors (Lipinski definition) is 1. The summed E-state index contributed by atoms with van der Waals surface area (Å²) in [5, 5.41) is 9.52. The molecule has 7 heteroatoms. The molecule has 2 heterocycles. The Morgan fingerprint density at radius 3 is 2.68 bits per heavy atom. The molecule has 1 N–H and O–H groups in total. The van der Waals surface area contributed by atoms with E-state index in [2.05, 4.69) is 9.97 Å². The van der Waals surface area contributed by atoms with Crippen LogP contribution in [0.4, 0.5) is 0 Å². The monoisotopic (exact) mass is 309 g/mol. The number of fused-ring (bicyclic) bond motifs is 1. The molecule has 1 aromatic carbocycles. The molecule has 0 amide bonds. The van der Waals surface area contributed by atoms with Crippen molar-refractivity contribution in [1.82, 2.24) is 14.4 Å². The smallest absolute Gasteiger partial charge is 0.328 e. The maximum absolute atomic E-state index is 10.6. The van der Waals surface area contributed by atoms with E-state index in [0.29, 0.717) is 22.6 Å². The predicted molar refractivity (Wildman–Crippen MR) is 85.8 cm³/mol. The standard InChI is InChI=1S/C15H9BClN3O2/c16-20-10(6-7-12(21)22)8-11-13(17)18-14(19-15(11)20)9-4-2-1-3-5-9/h1-8H,(H,21,22)/b7-6+. The van der Waals surface area contributed by atoms with Crippen LogP contribution in [0.15, 0.2) is 42.5 Å². The van der Waals surface area contributed by atoms with Crippen LogP contribution in [0.3, 0.4) is 0 Å². The van der Waals surface area contributed by atoms with Gasteiger partial charge in [-0.2, -0.15) is 0 Å². The number of carboxylic acids is 1. The molecule has 0 aliphatic rings. The van der Waals surface area contributed by atoms with E-state index in [9.17, 15) is 4.79 Å². The molecule has 0 saturated carbocycles. The normalized spacial score (nSPS) is 11.3. The first-order chi connectivity index (χ1) is 10.6. The molecule has 0 aliphatic heterocycles. The Hall–Kier alpha value is -2.60. The summed E-state index contributed by atoms with van der Waals surface area (Å²) in [6.45, 7) is 0. The second kappa shape index (κ2) is 5.65. The van der Waals surface area contributed by atoms with E-state index in [1.54, 1.807) is 6.07 Å². The van der Waals surface area contributed by atoms with Crippen LogP contribution in [0.2, 0.25) is 5.15 Å². The van der Waals surface area contributed by atoms with E-state index in [-0.39, 0.29) is 5.15 Å². The zero-order chi connectivity index (χ0) is 15.7. The highest BCUT2D eigenvalue weighted by atomic mass is 35.5. The van der Waals surface area contributed by atoms with Gasteiger partial charge in [0.1, 0.15) is 10.8 Å². The van der Waals surface area contributed by atoms with Crippen LogP contribution in [-0.4, -0.2) is 33.5 Å². The Labute approximate surface area is 132 Å². The first-order valence-corrected chi connectivity index (χ1v) is 6.74. The van der Waals surface area contributed by atoms with Gasteiger partial charge in [-0.1, -0.05) is 41.9 Å². The summed E-state index contributed by atoms with van der Waals surface area (Å²) in [4.78, 5) is 19.3. The van der Waals surface area contributed by atoms with Gasteiger partial charge in [-0.05, 0) is 12.1 Å². The lowest BCUT2D eigenvalue weighted by Gasteiger charge is -2.04. The number of aliphatic carboxylic acids is 1. The van der Waals surface area contributed by atoms with Gasteiger partial charge in [-0.15, -0.1) is 0 Å². The van der Waals surface area contributed by atoms with Crippen molar-refractivity contribution in [3.05, 3.63) is 53.3 Å². The summed E-state index contributed by atoms with van der Waals surface area (Å²) < 4.78 is 1.29. The molecule has 0 fully saturated rings. The third kappa shape index (κ3) is 2.60. The molecule has 3 aromatic rings. The topological polar surface area (TPSA) is 68.0 Å². The van der Waals surface area contributed by atoms with Crippen molar-refractivity contribution in [2.45, 2.75) is 0 Å². The molecule has 106 valence electrons. The second-order valence-electron chi connectivity index (χ2n) is 4.55. The summed E-state index contributed by atoms with van der Waals surface area (Å²) in [5.41, 5.74) is 1.72. The van der Waals surface area contributed by atoms with Gasteiger partial charge in [0, 0.05) is 17.3 Å². The van der Waals surface area contributed by atoms with Gasteiger partial charge in [-0.3, -0.25) is 0 Å². The second-order valence-corrected chi connectivity index (χ2v) is 4.91. The molecule has 0 aliphatic carbocycles. The molecule has 0 bridgehead atoms. The highest BCUT2D eigenvalue weighted by molar-refractivity contribution is 6.34. The van der Waals surface area contributed by atoms with Crippen LogP contribution in [0.1, 0.15) is 5.69 Å². The SMILES string of the molecule is [B]n1c(/C=C/C(=O)O)cc2c(Cl)nc(-c3ccccc3)nc21. The zero-order valence-corrected chi connectivity index (χ0v) is 12.0. The molecular formula is C15H9BClN3O2. The largest absolute Gasteiger partial charge is 0.478 e. The lowest BCUT2D eigenvalue weighted by atomic mass is 10.2. The number of hydrogen-bond acceptors (Lipinski definition) is 3. The molecule has 3 rings (SSSR count). The first kappa shape index (κ1) is 14.3. The predicted octanol–water partition coefficient (Wildman–Crippen LogP) is 2.78. The van der Waals surface area contributed by atoms with Crippen LogP contribution < -0.4 is 0 Å². The third-order valence-corrected chi connectivity index (χ3v) is 3.39. The van der Waals surface area contributed by atoms with Gasteiger partial charge in [-0.25, -0.2) is 14.8 Å². The quantitative estimate of drug-likeness (QED) is 0.459. The number of aromatic nitrogens is 3. The van der Waals surface area contributed by atoms with Crippen LogP contribution in [-0.2, 0) is 4.79 Å². The van der Waals surface area contributed by atoms with E-state index in [4.69, 9.17) is 24.7 Å². The number of halogens is 1. The third-order valence-electron chi connectivity index (χ3n) is 3.11. The Morgan fingerprint density at radius 2 is 2.00 bits per heavy atom. The molecular weight excluding hydrogens is 300 g/mol. The highest BCUT2D eigenvalue weighted by Gasteiger charge is 2.12. The van der Waals surface area contributed by atoms with Crippen LogP contribution in [0.5, 0.6) is 0 Å². The van der Waals surface area contributed by atoms with Gasteiger partial charge in [0.25, 0.3) is 0 Å². The van der Waals surface area contributed by atoms with Crippen molar-refractivity contribution in [2.24, 2.45) is 0 Å². The van der Waals surface area contributed by atoms with Crippen molar-refractivity contribution in [1.29, 1.82) is 0 Å². The van der Waals surface area contributed by atoms with Gasteiger partial charge in [0.05, 0.1) is 5.39 Å². The lowest BCUT2D eigenvalue weighted by Crippen LogP contribution is -1.98. The van der Waals surface area contributed by atoms with Gasteiger partial charge in [0.2, 0.25) is 7.98 Å². The number of carbonyl (C=O) groups is 1. The molecule has 0 unspecified atom stereocenters. The summed E-state index contributed by atoms with van der Waals surface area (Å²) in [6.07, 6.45) is 2.37. The maximum Gasteiger partial charge on any atom is 0.328 e. The summed E-state index contributed by atoms with van der Waals surface area (Å²) >= 11 is 6.20. The average molecular weight is 310 g/mol. The zero-order valence-electron chi connectivity index (χ0n) is 11.3. The average Bonchev–Trinajstić information content (AvgIpc) is 2.83. The van der Waals surface area contributed by atoms with Gasteiger partial charge >= 0.3 is 5.97 Å². The van der Waals surface area contributed by atoms with Crippen molar-refractivity contribution < 1.29 is 9.90 Å². The Bertz CT molecular complexity index is 891. The number of carboxylic acid groups (broad SMARTS) is 1. The summed E-state index contributed by atoms with van der Waals surface area (Å²) in [5.74, 6) is -0.607. The van der Waals surface area contributed by atoms with Crippen molar-refractivity contribution in [3.63, 3.8) is 0 Å². The number of rotatable bonds is 3. The van der Waals surface area contributed by atoms with Crippen molar-refractivity contribution in [3.8, 4) is 11.4 Å².